The summed E-state index contributed by atoms with van der Waals surface area (Å²) in [4.78, 5) is 19.8. The largest absolute Gasteiger partial charge is 0.479 e. The van der Waals surface area contributed by atoms with Crippen LogP contribution >= 0.6 is 13.5 Å². The summed E-state index contributed by atoms with van der Waals surface area (Å²) in [7, 11) is 0. The molecule has 27 heavy (non-hydrogen) atoms. The molecule has 0 aromatic heterocycles. The van der Waals surface area contributed by atoms with E-state index in [-0.39, 0.29) is 25.7 Å². The quantitative estimate of drug-likeness (QED) is 0.338. The van der Waals surface area contributed by atoms with Crippen molar-refractivity contribution in [3.63, 3.8) is 0 Å². The maximum atomic E-state index is 10.0. The summed E-state index contributed by atoms with van der Waals surface area (Å²) in [5, 5.41) is 50.6. The highest BCUT2D eigenvalue weighted by atomic mass is 32.1. The predicted octanol–water partition coefficient (Wildman–Crippen LogP) is 2.10. The molecule has 0 saturated heterocycles. The molecule has 8 nitrogen and oxygen atoms in total. The number of carbonyl (C=O) groups excluding carboxylic acids is 1. The molecule has 2 atom stereocenters. The summed E-state index contributed by atoms with van der Waals surface area (Å²) >= 11 is 0. The fraction of sp³-hybridized carbons (Fsp3) is 0.833. The summed E-state index contributed by atoms with van der Waals surface area (Å²) < 4.78 is 0. The van der Waals surface area contributed by atoms with Crippen molar-refractivity contribution in [1.29, 1.82) is 5.26 Å². The van der Waals surface area contributed by atoms with Crippen LogP contribution in [-0.4, -0.2) is 54.3 Å². The van der Waals surface area contributed by atoms with Gasteiger partial charge in [-0.05, 0) is 47.0 Å². The minimum absolute atomic E-state index is 0. The van der Waals surface area contributed by atoms with Gasteiger partial charge < -0.3 is 30.3 Å². The Bertz CT molecular complexity index is 424. The first-order valence-electron chi connectivity index (χ1n) is 8.49. The number of carboxylic acids is 1. The second kappa shape index (κ2) is 18.2. The van der Waals surface area contributed by atoms with Crippen LogP contribution in [0.25, 0.3) is 0 Å². The molecule has 0 aliphatic heterocycles. The van der Waals surface area contributed by atoms with E-state index >= 15 is 0 Å². The molecule has 0 aliphatic rings. The fourth-order valence-electron chi connectivity index (χ4n) is 0.230. The Morgan fingerprint density at radius 2 is 1.19 bits per heavy atom. The monoisotopic (exact) mass is 413 g/mol. The topological polar surface area (TPSA) is 159 Å². The number of rotatable bonds is 5. The van der Waals surface area contributed by atoms with E-state index in [9.17, 15) is 9.59 Å². The third-order valence-electron chi connectivity index (χ3n) is 3.25. The van der Waals surface area contributed by atoms with Crippen molar-refractivity contribution >= 4 is 25.2 Å². The lowest BCUT2D eigenvalue weighted by molar-refractivity contribution is -0.156. The Morgan fingerprint density at radius 3 is 1.19 bits per heavy atom. The van der Waals surface area contributed by atoms with Crippen LogP contribution in [0.4, 0.5) is 0 Å². The van der Waals surface area contributed by atoms with Crippen LogP contribution in [0, 0.1) is 11.3 Å². The predicted molar refractivity (Wildman–Crippen MR) is 110 cm³/mol. The highest BCUT2D eigenvalue weighted by Gasteiger charge is 2.26. The molecule has 1 unspecified atom stereocenters. The molecule has 0 fully saturated rings. The Hall–Kier alpha value is -1.18. The van der Waals surface area contributed by atoms with Crippen molar-refractivity contribution in [2.24, 2.45) is 0 Å². The number of aliphatic hydroxyl groups is 4. The van der Waals surface area contributed by atoms with Crippen LogP contribution in [-0.2, 0) is 9.59 Å². The Balaban J connectivity index is -0.0000000798. The second-order valence-corrected chi connectivity index (χ2v) is 6.30. The van der Waals surface area contributed by atoms with E-state index in [2.05, 4.69) is 0 Å². The van der Waals surface area contributed by atoms with Gasteiger partial charge in [-0.1, -0.05) is 27.7 Å². The molecule has 0 amide bonds. The van der Waals surface area contributed by atoms with E-state index in [0.717, 1.165) is 0 Å². The average Bonchev–Trinajstić information content (AvgIpc) is 2.55. The van der Waals surface area contributed by atoms with Gasteiger partial charge in [0.2, 0.25) is 0 Å². The smallest absolute Gasteiger partial charge is 0.335 e. The number of ketones is 1. The van der Waals surface area contributed by atoms with Gasteiger partial charge in [0.25, 0.3) is 0 Å². The third-order valence-corrected chi connectivity index (χ3v) is 3.25. The van der Waals surface area contributed by atoms with E-state index in [4.69, 9.17) is 30.8 Å². The zero-order valence-corrected chi connectivity index (χ0v) is 18.8. The number of hydrogen-bond acceptors (Lipinski definition) is 7. The lowest BCUT2D eigenvalue weighted by atomic mass is 10.1. The van der Waals surface area contributed by atoms with Crippen LogP contribution in [0.3, 0.4) is 0 Å². The number of nitriles is 1. The summed E-state index contributed by atoms with van der Waals surface area (Å²) in [5.41, 5.74) is -2.65. The molecule has 164 valence electrons. The summed E-state index contributed by atoms with van der Waals surface area (Å²) in [6.45, 7) is 12.6. The Kier molecular flexibility index (Phi) is 24.7. The van der Waals surface area contributed by atoms with Crippen molar-refractivity contribution in [2.75, 3.05) is 0 Å². The first kappa shape index (κ1) is 36.7. The number of hydrogen-bond donors (Lipinski definition) is 5. The molecule has 0 rings (SSSR count). The first-order valence-corrected chi connectivity index (χ1v) is 8.49. The Morgan fingerprint density at radius 1 is 0.889 bits per heavy atom. The van der Waals surface area contributed by atoms with E-state index in [1.54, 1.807) is 33.8 Å². The molecule has 0 heterocycles. The van der Waals surface area contributed by atoms with Crippen LogP contribution in [0.1, 0.15) is 81.1 Å². The van der Waals surface area contributed by atoms with Crippen molar-refractivity contribution in [3.05, 3.63) is 0 Å². The molecule has 0 radical (unpaired) electrons. The number of carbonyl (C=O) groups is 2. The van der Waals surface area contributed by atoms with Crippen LogP contribution < -0.4 is 0 Å². The lowest BCUT2D eigenvalue weighted by Gasteiger charge is -2.13. The van der Waals surface area contributed by atoms with Gasteiger partial charge in [-0.3, -0.25) is 0 Å². The summed E-state index contributed by atoms with van der Waals surface area (Å²) in [6, 6.07) is 1.75. The number of aliphatic carboxylic acids is 1. The number of nitrogens with zero attached hydrogens (tertiary/aromatic N) is 1. The molecule has 9 heteroatoms. The van der Waals surface area contributed by atoms with Crippen LogP contribution in [0.5, 0.6) is 0 Å². The molecule has 0 aliphatic carbocycles. The maximum Gasteiger partial charge on any atom is 0.335 e. The fourth-order valence-corrected chi connectivity index (χ4v) is 0.230. The lowest BCUT2D eigenvalue weighted by Crippen LogP contribution is -2.33. The van der Waals surface area contributed by atoms with E-state index in [1.807, 2.05) is 6.92 Å². The van der Waals surface area contributed by atoms with Crippen molar-refractivity contribution in [2.45, 2.75) is 98.1 Å². The molecule has 0 aromatic carbocycles. The van der Waals surface area contributed by atoms with Crippen molar-refractivity contribution < 1.29 is 35.1 Å². The van der Waals surface area contributed by atoms with Gasteiger partial charge in [0.1, 0.15) is 11.4 Å². The van der Waals surface area contributed by atoms with Gasteiger partial charge in [-0.2, -0.15) is 18.8 Å². The maximum absolute atomic E-state index is 10.0. The average molecular weight is 414 g/mol. The highest BCUT2D eigenvalue weighted by molar-refractivity contribution is 7.59. The van der Waals surface area contributed by atoms with Gasteiger partial charge in [0.05, 0.1) is 6.07 Å². The van der Waals surface area contributed by atoms with Crippen molar-refractivity contribution in [3.8, 4) is 6.07 Å². The van der Waals surface area contributed by atoms with Gasteiger partial charge in [0, 0.05) is 6.42 Å². The minimum Gasteiger partial charge on any atom is -0.479 e. The molecule has 0 aromatic rings. The van der Waals surface area contributed by atoms with Gasteiger partial charge in [0.15, 0.2) is 11.4 Å². The van der Waals surface area contributed by atoms with Crippen molar-refractivity contribution in [1.82, 2.24) is 0 Å². The van der Waals surface area contributed by atoms with Crippen LogP contribution in [0.2, 0.25) is 0 Å². The van der Waals surface area contributed by atoms with E-state index < -0.39 is 23.0 Å². The zero-order chi connectivity index (χ0) is 22.2. The zero-order valence-electron chi connectivity index (χ0n) is 17.8. The van der Waals surface area contributed by atoms with Crippen LogP contribution in [0.15, 0.2) is 0 Å². The minimum atomic E-state index is -1.54. The van der Waals surface area contributed by atoms with E-state index in [0.29, 0.717) is 19.3 Å². The Labute approximate surface area is 170 Å². The highest BCUT2D eigenvalue weighted by Crippen LogP contribution is 2.06. The molecular weight excluding hydrogens is 374 g/mol. The van der Waals surface area contributed by atoms with Gasteiger partial charge in [-0.25, -0.2) is 4.79 Å². The molecular formula is C18H39NO7S. The number of carboxylic acid groups (broad SMARTS) is 1. The normalized spacial score (nSPS) is 13.7. The first-order chi connectivity index (χ1) is 11.5. The van der Waals surface area contributed by atoms with Gasteiger partial charge >= 0.3 is 5.97 Å². The molecule has 5 N–H and O–H groups in total. The third kappa shape index (κ3) is 36.5. The molecule has 0 spiro atoms. The molecule has 0 bridgehead atoms. The number of Topliss-reactive ketones (excluding diaryl/α,β-unsaturated/α-hetero) is 1. The molecule has 0 saturated carbocycles. The summed E-state index contributed by atoms with van der Waals surface area (Å²) in [5.74, 6) is -2.37. The summed E-state index contributed by atoms with van der Waals surface area (Å²) in [6.07, 6.45) is 1.78. The van der Waals surface area contributed by atoms with E-state index in [1.165, 1.54) is 20.8 Å². The van der Waals surface area contributed by atoms with Gasteiger partial charge in [-0.15, -0.1) is 0 Å². The second-order valence-electron chi connectivity index (χ2n) is 6.30. The standard InChI is InChI=1S/C5H9NO.C5H10O3.C4H10O2.C4H8O.H2S/c1-3-5(2,7)4-6;1-3-5(2,8)4(6)7;1-3-4(2,5)6;1-3-4(2)5;/h7H,3H2,1-2H3;8H,3H2,1-2H3,(H,6,7);5-6H,3H2,1-2H3;3H2,1-2H3;1H2/t;5-;;;/m.0.../s1. The SMILES string of the molecule is CCC(C)(O)C#N.CCC(C)(O)O.CCC(C)=O.CC[C@](C)(O)C(=O)O.S.